The third kappa shape index (κ3) is 4.34. The van der Waals surface area contributed by atoms with Crippen molar-refractivity contribution in [1.82, 2.24) is 10.2 Å². The maximum absolute atomic E-state index is 12.9. The second-order valence-electron chi connectivity index (χ2n) is 6.22. The van der Waals surface area contributed by atoms with Gasteiger partial charge >= 0.3 is 6.18 Å². The normalized spacial score (nSPS) is 27.2. The molecular formula is C14H22F3N3O2. The fourth-order valence-electron chi connectivity index (χ4n) is 3.32. The highest BCUT2D eigenvalue weighted by Gasteiger charge is 2.51. The zero-order valence-electron chi connectivity index (χ0n) is 12.4. The van der Waals surface area contributed by atoms with Crippen molar-refractivity contribution in [3.8, 4) is 0 Å². The van der Waals surface area contributed by atoms with Crippen LogP contribution in [0.25, 0.3) is 0 Å². The molecule has 3 N–H and O–H groups in total. The molecule has 0 unspecified atom stereocenters. The van der Waals surface area contributed by atoms with Crippen molar-refractivity contribution in [2.75, 3.05) is 19.6 Å². The van der Waals surface area contributed by atoms with Crippen LogP contribution in [0.1, 0.15) is 32.1 Å². The first-order valence-electron chi connectivity index (χ1n) is 7.65. The minimum absolute atomic E-state index is 0.0315. The van der Waals surface area contributed by atoms with Crippen LogP contribution in [-0.2, 0) is 9.59 Å². The van der Waals surface area contributed by atoms with E-state index in [1.165, 1.54) is 4.90 Å². The van der Waals surface area contributed by atoms with E-state index in [0.717, 1.165) is 25.7 Å². The average Bonchev–Trinajstić information content (AvgIpc) is 3.04. The molecule has 126 valence electrons. The molecule has 22 heavy (non-hydrogen) atoms. The van der Waals surface area contributed by atoms with Gasteiger partial charge in [-0.2, -0.15) is 13.2 Å². The lowest BCUT2D eigenvalue weighted by Crippen LogP contribution is -2.37. The van der Waals surface area contributed by atoms with Gasteiger partial charge in [-0.3, -0.25) is 9.59 Å². The Kier molecular flexibility index (Phi) is 5.31. The summed E-state index contributed by atoms with van der Waals surface area (Å²) in [6.07, 6.45) is -0.160. The molecule has 2 fully saturated rings. The topological polar surface area (TPSA) is 75.4 Å². The number of amides is 2. The highest BCUT2D eigenvalue weighted by molar-refractivity contribution is 5.78. The Hall–Kier alpha value is -1.31. The molecule has 1 saturated heterocycles. The quantitative estimate of drug-likeness (QED) is 0.794. The fraction of sp³-hybridized carbons (Fsp3) is 0.857. The van der Waals surface area contributed by atoms with Crippen LogP contribution in [0.2, 0.25) is 0 Å². The minimum Gasteiger partial charge on any atom is -0.369 e. The average molecular weight is 321 g/mol. The lowest BCUT2D eigenvalue weighted by Gasteiger charge is -2.19. The number of likely N-dealkylation sites (tertiary alicyclic amines) is 1. The van der Waals surface area contributed by atoms with Gasteiger partial charge in [0.15, 0.2) is 0 Å². The summed E-state index contributed by atoms with van der Waals surface area (Å²) >= 11 is 0. The van der Waals surface area contributed by atoms with E-state index in [9.17, 15) is 22.8 Å². The van der Waals surface area contributed by atoms with E-state index in [1.54, 1.807) is 0 Å². The van der Waals surface area contributed by atoms with Crippen molar-refractivity contribution in [3.05, 3.63) is 0 Å². The maximum atomic E-state index is 12.9. The number of halogens is 3. The first kappa shape index (κ1) is 17.1. The number of hydrogen-bond donors (Lipinski definition) is 2. The second-order valence-corrected chi connectivity index (χ2v) is 6.22. The smallest absolute Gasteiger partial charge is 0.369 e. The number of rotatable bonds is 5. The van der Waals surface area contributed by atoms with Crippen molar-refractivity contribution in [2.24, 2.45) is 17.6 Å². The molecule has 0 radical (unpaired) electrons. The highest BCUT2D eigenvalue weighted by Crippen LogP contribution is 2.37. The summed E-state index contributed by atoms with van der Waals surface area (Å²) in [5, 5.41) is 2.90. The number of nitrogens with one attached hydrogen (secondary N) is 1. The predicted octanol–water partition coefficient (Wildman–Crippen LogP) is 1.03. The fourth-order valence-corrected chi connectivity index (χ4v) is 3.32. The van der Waals surface area contributed by atoms with E-state index in [2.05, 4.69) is 5.32 Å². The van der Waals surface area contributed by atoms with Crippen molar-refractivity contribution in [2.45, 2.75) is 44.3 Å². The number of nitrogens with two attached hydrogens (primary N) is 1. The SMILES string of the molecule is NC(=O)[C@@H]1CN(CCC(=O)NC2CCCC2)C[C@H]1C(F)(F)F. The summed E-state index contributed by atoms with van der Waals surface area (Å²) in [4.78, 5) is 24.5. The molecule has 2 amide bonds. The zero-order chi connectivity index (χ0) is 16.3. The Bertz CT molecular complexity index is 422. The Morgan fingerprint density at radius 1 is 1.18 bits per heavy atom. The largest absolute Gasteiger partial charge is 0.393 e. The van der Waals surface area contributed by atoms with Gasteiger partial charge in [0.25, 0.3) is 0 Å². The summed E-state index contributed by atoms with van der Waals surface area (Å²) < 4.78 is 38.7. The molecule has 0 aromatic heterocycles. The molecule has 2 rings (SSSR count). The Balaban J connectivity index is 1.80. The number of carbonyl (C=O) groups excluding carboxylic acids is 2. The molecule has 0 aromatic carbocycles. The lowest BCUT2D eigenvalue weighted by atomic mass is 9.95. The highest BCUT2D eigenvalue weighted by atomic mass is 19.4. The molecular weight excluding hydrogens is 299 g/mol. The van der Waals surface area contributed by atoms with Crippen molar-refractivity contribution in [1.29, 1.82) is 0 Å². The van der Waals surface area contributed by atoms with Gasteiger partial charge in [0, 0.05) is 32.1 Å². The van der Waals surface area contributed by atoms with Crippen molar-refractivity contribution < 1.29 is 22.8 Å². The molecule has 1 aliphatic carbocycles. The maximum Gasteiger partial charge on any atom is 0.393 e. The van der Waals surface area contributed by atoms with Gasteiger partial charge in [0.2, 0.25) is 11.8 Å². The van der Waals surface area contributed by atoms with Gasteiger partial charge in [-0.05, 0) is 12.8 Å². The molecule has 1 aliphatic heterocycles. The molecule has 1 heterocycles. The summed E-state index contributed by atoms with van der Waals surface area (Å²) in [6, 6.07) is 0.201. The van der Waals surface area contributed by atoms with Crippen molar-refractivity contribution in [3.63, 3.8) is 0 Å². The standard InChI is InChI=1S/C14H22F3N3O2/c15-14(16,17)11-8-20(7-10(11)13(18)22)6-5-12(21)19-9-3-1-2-4-9/h9-11H,1-8H2,(H2,18,22)(H,19,21)/t10-,11-/m1/s1. The van der Waals surface area contributed by atoms with E-state index in [1.807, 2.05) is 0 Å². The lowest BCUT2D eigenvalue weighted by molar-refractivity contribution is -0.182. The monoisotopic (exact) mass is 321 g/mol. The molecule has 2 aliphatic rings. The van der Waals surface area contributed by atoms with E-state index in [-0.39, 0.29) is 38.0 Å². The number of carbonyl (C=O) groups is 2. The van der Waals surface area contributed by atoms with Gasteiger partial charge in [-0.25, -0.2) is 0 Å². The molecule has 2 atom stereocenters. The third-order valence-corrected chi connectivity index (χ3v) is 4.56. The Labute approximate surface area is 127 Å². The molecule has 0 aromatic rings. The van der Waals surface area contributed by atoms with Crippen LogP contribution >= 0.6 is 0 Å². The first-order valence-corrected chi connectivity index (χ1v) is 7.65. The summed E-state index contributed by atoms with van der Waals surface area (Å²) in [6.45, 7) is -0.0844. The van der Waals surface area contributed by atoms with Crippen LogP contribution in [0.3, 0.4) is 0 Å². The summed E-state index contributed by atoms with van der Waals surface area (Å²) in [5.41, 5.74) is 5.07. The third-order valence-electron chi connectivity index (χ3n) is 4.56. The number of nitrogens with zero attached hydrogens (tertiary/aromatic N) is 1. The van der Waals surface area contributed by atoms with Gasteiger partial charge in [-0.1, -0.05) is 12.8 Å². The van der Waals surface area contributed by atoms with Crippen LogP contribution in [0.4, 0.5) is 13.2 Å². The summed E-state index contributed by atoms with van der Waals surface area (Å²) in [7, 11) is 0. The van der Waals surface area contributed by atoms with Crippen LogP contribution < -0.4 is 11.1 Å². The van der Waals surface area contributed by atoms with Gasteiger partial charge in [0.1, 0.15) is 0 Å². The molecule has 8 heteroatoms. The van der Waals surface area contributed by atoms with E-state index in [0.29, 0.717) is 0 Å². The van der Waals surface area contributed by atoms with E-state index in [4.69, 9.17) is 5.73 Å². The molecule has 5 nitrogen and oxygen atoms in total. The minimum atomic E-state index is -4.44. The van der Waals surface area contributed by atoms with E-state index < -0.39 is 23.9 Å². The molecule has 1 saturated carbocycles. The predicted molar refractivity (Wildman–Crippen MR) is 73.7 cm³/mol. The van der Waals surface area contributed by atoms with Crippen LogP contribution in [0.5, 0.6) is 0 Å². The van der Waals surface area contributed by atoms with Crippen LogP contribution in [-0.4, -0.2) is 48.6 Å². The summed E-state index contributed by atoms with van der Waals surface area (Å²) in [5.74, 6) is -4.03. The zero-order valence-corrected chi connectivity index (χ0v) is 12.4. The Morgan fingerprint density at radius 2 is 1.82 bits per heavy atom. The number of alkyl halides is 3. The second kappa shape index (κ2) is 6.85. The van der Waals surface area contributed by atoms with Crippen LogP contribution in [0, 0.1) is 11.8 Å². The van der Waals surface area contributed by atoms with Gasteiger partial charge < -0.3 is 16.0 Å². The number of hydrogen-bond acceptors (Lipinski definition) is 3. The first-order chi connectivity index (χ1) is 10.3. The van der Waals surface area contributed by atoms with Crippen LogP contribution in [0.15, 0.2) is 0 Å². The number of primary amides is 1. The molecule has 0 bridgehead atoms. The molecule has 0 spiro atoms. The van der Waals surface area contributed by atoms with Crippen molar-refractivity contribution >= 4 is 11.8 Å². The Morgan fingerprint density at radius 3 is 2.32 bits per heavy atom. The van der Waals surface area contributed by atoms with Gasteiger partial charge in [-0.15, -0.1) is 0 Å². The van der Waals surface area contributed by atoms with Gasteiger partial charge in [0.05, 0.1) is 11.8 Å². The van der Waals surface area contributed by atoms with E-state index >= 15 is 0 Å².